The third kappa shape index (κ3) is 12.5. The minimum atomic E-state index is -1.08. The summed E-state index contributed by atoms with van der Waals surface area (Å²) in [5.41, 5.74) is -1.37. The van der Waals surface area contributed by atoms with Gasteiger partial charge in [0, 0.05) is 0 Å². The Hall–Kier alpha value is -0.950. The number of hydrogen-bond donors (Lipinski definition) is 3. The number of aliphatic carboxylic acids is 1. The zero-order chi connectivity index (χ0) is 16.7. The quantitative estimate of drug-likeness (QED) is 0.593. The second kappa shape index (κ2) is 8.48. The van der Waals surface area contributed by atoms with Crippen molar-refractivity contribution in [2.24, 2.45) is 0 Å². The third-order valence-corrected chi connectivity index (χ3v) is 3.42. The van der Waals surface area contributed by atoms with Crippen LogP contribution in [0.1, 0.15) is 47.5 Å². The van der Waals surface area contributed by atoms with Crippen LogP contribution in [0.2, 0.25) is 0 Å². The number of thioether (sulfide) groups is 1. The molecule has 0 aromatic carbocycles. The minimum absolute atomic E-state index is 0.311. The molecule has 124 valence electrons. The van der Waals surface area contributed by atoms with Crippen LogP contribution in [-0.4, -0.2) is 51.0 Å². The number of rotatable bonds is 8. The summed E-state index contributed by atoms with van der Waals surface area (Å²) in [5.74, 6) is 0.245. The number of carboxylic acids is 1. The average molecular weight is 321 g/mol. The lowest BCUT2D eigenvalue weighted by Gasteiger charge is -2.22. The van der Waals surface area contributed by atoms with Crippen LogP contribution in [-0.2, 0) is 9.53 Å². The molecular formula is C14H27NO5S. The summed E-state index contributed by atoms with van der Waals surface area (Å²) in [7, 11) is 0. The average Bonchev–Trinajstić information content (AvgIpc) is 2.22. The van der Waals surface area contributed by atoms with Crippen LogP contribution in [0.25, 0.3) is 0 Å². The number of ether oxygens (including phenoxy) is 1. The summed E-state index contributed by atoms with van der Waals surface area (Å²) < 4.78 is 5.04. The van der Waals surface area contributed by atoms with Gasteiger partial charge in [-0.3, -0.25) is 0 Å². The first kappa shape index (κ1) is 20.1. The van der Waals surface area contributed by atoms with Gasteiger partial charge in [0.2, 0.25) is 0 Å². The molecule has 0 bridgehead atoms. The Morgan fingerprint density at radius 1 is 1.19 bits per heavy atom. The predicted octanol–water partition coefficient (Wildman–Crippen LogP) is 2.25. The first-order valence-electron chi connectivity index (χ1n) is 6.93. The molecule has 0 fully saturated rings. The lowest BCUT2D eigenvalue weighted by atomic mass is 10.1. The number of aliphatic hydroxyl groups is 1. The smallest absolute Gasteiger partial charge is 0.408 e. The molecule has 0 saturated carbocycles. The van der Waals surface area contributed by atoms with Gasteiger partial charge in [-0.05, 0) is 59.0 Å². The van der Waals surface area contributed by atoms with E-state index in [1.165, 1.54) is 0 Å². The molecule has 0 aliphatic heterocycles. The zero-order valence-corrected chi connectivity index (χ0v) is 14.2. The Morgan fingerprint density at radius 3 is 2.19 bits per heavy atom. The van der Waals surface area contributed by atoms with Gasteiger partial charge in [-0.15, -0.1) is 0 Å². The molecule has 0 heterocycles. The molecule has 0 saturated heterocycles. The molecule has 7 heteroatoms. The summed E-state index contributed by atoms with van der Waals surface area (Å²) in [5, 5.41) is 21.0. The Morgan fingerprint density at radius 2 is 1.76 bits per heavy atom. The highest BCUT2D eigenvalue weighted by atomic mass is 32.2. The summed E-state index contributed by atoms with van der Waals surface area (Å²) in [6.07, 6.45) is 0.219. The third-order valence-electron chi connectivity index (χ3n) is 2.40. The second-order valence-corrected chi connectivity index (χ2v) is 7.73. The fraction of sp³-hybridized carbons (Fsp3) is 0.857. The molecule has 0 aromatic heterocycles. The summed E-state index contributed by atoms with van der Waals surface area (Å²) in [6, 6.07) is -0.963. The van der Waals surface area contributed by atoms with Crippen LogP contribution in [0.15, 0.2) is 0 Å². The van der Waals surface area contributed by atoms with Crippen molar-refractivity contribution in [2.75, 3.05) is 11.5 Å². The number of carbonyl (C=O) groups excluding carboxylic acids is 1. The van der Waals surface area contributed by atoms with Crippen LogP contribution in [0.4, 0.5) is 4.79 Å². The van der Waals surface area contributed by atoms with E-state index in [1.807, 2.05) is 0 Å². The first-order valence-corrected chi connectivity index (χ1v) is 8.08. The van der Waals surface area contributed by atoms with E-state index in [-0.39, 0.29) is 0 Å². The van der Waals surface area contributed by atoms with E-state index in [2.05, 4.69) is 5.32 Å². The van der Waals surface area contributed by atoms with Gasteiger partial charge >= 0.3 is 12.1 Å². The number of carbonyl (C=O) groups is 2. The highest BCUT2D eigenvalue weighted by molar-refractivity contribution is 7.99. The second-order valence-electron chi connectivity index (χ2n) is 6.50. The van der Waals surface area contributed by atoms with E-state index >= 15 is 0 Å². The maximum atomic E-state index is 11.6. The van der Waals surface area contributed by atoms with Crippen LogP contribution >= 0.6 is 11.8 Å². The molecule has 3 N–H and O–H groups in total. The van der Waals surface area contributed by atoms with Gasteiger partial charge in [-0.25, -0.2) is 9.59 Å². The van der Waals surface area contributed by atoms with Gasteiger partial charge in [0.1, 0.15) is 11.6 Å². The SMILES string of the molecule is CC(C)(O)CCSCCC(NC(=O)OC(C)(C)C)C(=O)O. The van der Waals surface area contributed by atoms with Gasteiger partial charge in [0.05, 0.1) is 5.60 Å². The van der Waals surface area contributed by atoms with Gasteiger partial charge in [0.15, 0.2) is 0 Å². The van der Waals surface area contributed by atoms with Crippen molar-refractivity contribution in [3.05, 3.63) is 0 Å². The monoisotopic (exact) mass is 321 g/mol. The highest BCUT2D eigenvalue weighted by Gasteiger charge is 2.23. The highest BCUT2D eigenvalue weighted by Crippen LogP contribution is 2.14. The van der Waals surface area contributed by atoms with Gasteiger partial charge in [-0.2, -0.15) is 11.8 Å². The molecule has 6 nitrogen and oxygen atoms in total. The fourth-order valence-corrected chi connectivity index (χ4v) is 2.58. The molecule has 0 spiro atoms. The van der Waals surface area contributed by atoms with Crippen molar-refractivity contribution < 1.29 is 24.5 Å². The summed E-state index contributed by atoms with van der Waals surface area (Å²) in [6.45, 7) is 8.62. The van der Waals surface area contributed by atoms with Crippen LogP contribution in [0.5, 0.6) is 0 Å². The molecule has 1 atom stereocenters. The molecule has 0 rings (SSSR count). The molecule has 21 heavy (non-hydrogen) atoms. The van der Waals surface area contributed by atoms with Gasteiger partial charge < -0.3 is 20.3 Å². The van der Waals surface area contributed by atoms with Gasteiger partial charge in [0.25, 0.3) is 0 Å². The van der Waals surface area contributed by atoms with Crippen molar-refractivity contribution in [1.82, 2.24) is 5.32 Å². The molecule has 0 aliphatic carbocycles. The van der Waals surface area contributed by atoms with E-state index in [0.717, 1.165) is 5.75 Å². The zero-order valence-electron chi connectivity index (χ0n) is 13.4. The maximum Gasteiger partial charge on any atom is 0.408 e. The molecule has 0 aliphatic rings. The summed E-state index contributed by atoms with van der Waals surface area (Å²) in [4.78, 5) is 22.7. The predicted molar refractivity (Wildman–Crippen MR) is 83.7 cm³/mol. The van der Waals surface area contributed by atoms with Crippen LogP contribution in [0, 0.1) is 0 Å². The molecule has 1 unspecified atom stereocenters. The number of hydrogen-bond acceptors (Lipinski definition) is 5. The van der Waals surface area contributed by atoms with Crippen molar-refractivity contribution in [2.45, 2.75) is 64.7 Å². The van der Waals surface area contributed by atoms with E-state index in [0.29, 0.717) is 18.6 Å². The van der Waals surface area contributed by atoms with Gasteiger partial charge in [-0.1, -0.05) is 0 Å². The first-order chi connectivity index (χ1) is 9.41. The molecule has 0 radical (unpaired) electrons. The number of carboxylic acid groups (broad SMARTS) is 1. The van der Waals surface area contributed by atoms with Crippen molar-refractivity contribution in [3.63, 3.8) is 0 Å². The van der Waals surface area contributed by atoms with E-state index in [1.54, 1.807) is 46.4 Å². The number of nitrogens with one attached hydrogen (secondary N) is 1. The molecule has 1 amide bonds. The Kier molecular flexibility index (Phi) is 8.10. The Bertz CT molecular complexity index is 346. The van der Waals surface area contributed by atoms with Crippen molar-refractivity contribution in [1.29, 1.82) is 0 Å². The standard InChI is InChI=1S/C14H27NO5S/c1-13(2,3)20-12(18)15-10(11(16)17)6-8-21-9-7-14(4,5)19/h10,19H,6-9H2,1-5H3,(H,15,18)(H,16,17). The van der Waals surface area contributed by atoms with Crippen LogP contribution < -0.4 is 5.32 Å². The minimum Gasteiger partial charge on any atom is -0.480 e. The Balaban J connectivity index is 4.09. The molecule has 0 aromatic rings. The van der Waals surface area contributed by atoms with E-state index in [4.69, 9.17) is 9.84 Å². The normalized spacial score (nSPS) is 13.6. The molecular weight excluding hydrogens is 294 g/mol. The van der Waals surface area contributed by atoms with Crippen molar-refractivity contribution in [3.8, 4) is 0 Å². The van der Waals surface area contributed by atoms with E-state index < -0.39 is 29.3 Å². The van der Waals surface area contributed by atoms with E-state index in [9.17, 15) is 14.7 Å². The van der Waals surface area contributed by atoms with Crippen LogP contribution in [0.3, 0.4) is 0 Å². The Labute approximate surface area is 130 Å². The lowest BCUT2D eigenvalue weighted by molar-refractivity contribution is -0.139. The summed E-state index contributed by atoms with van der Waals surface area (Å²) >= 11 is 1.55. The topological polar surface area (TPSA) is 95.9 Å². The lowest BCUT2D eigenvalue weighted by Crippen LogP contribution is -2.43. The maximum absolute atomic E-state index is 11.6. The van der Waals surface area contributed by atoms with Crippen molar-refractivity contribution >= 4 is 23.8 Å². The fourth-order valence-electron chi connectivity index (χ4n) is 1.33. The number of amides is 1. The number of alkyl carbamates (subject to hydrolysis) is 1. The largest absolute Gasteiger partial charge is 0.480 e.